The zero-order valence-electron chi connectivity index (χ0n) is 14.6. The molecule has 1 fully saturated rings. The summed E-state index contributed by atoms with van der Waals surface area (Å²) >= 11 is 0. The third-order valence-electron chi connectivity index (χ3n) is 4.31. The van der Waals surface area contributed by atoms with Crippen molar-refractivity contribution in [3.63, 3.8) is 0 Å². The number of nitrogens with zero attached hydrogens (tertiary/aromatic N) is 3. The van der Waals surface area contributed by atoms with E-state index in [1.807, 2.05) is 36.4 Å². The molecule has 1 aliphatic rings. The number of fused-ring (bicyclic) bond motifs is 1. The van der Waals surface area contributed by atoms with Gasteiger partial charge in [0.05, 0.1) is 18.1 Å². The molecular formula is C19H22IN5O. The molecule has 0 aliphatic heterocycles. The highest BCUT2D eigenvalue weighted by atomic mass is 127. The van der Waals surface area contributed by atoms with Gasteiger partial charge in [-0.25, -0.2) is 9.98 Å². The molecule has 1 heterocycles. The Morgan fingerprint density at radius 3 is 2.85 bits per heavy atom. The van der Waals surface area contributed by atoms with Crippen molar-refractivity contribution in [2.75, 3.05) is 12.4 Å². The van der Waals surface area contributed by atoms with Crippen LogP contribution in [-0.4, -0.2) is 22.6 Å². The minimum absolute atomic E-state index is 0. The average molecular weight is 463 g/mol. The van der Waals surface area contributed by atoms with Gasteiger partial charge in [-0.3, -0.25) is 0 Å². The fourth-order valence-electron chi connectivity index (χ4n) is 2.99. The second kappa shape index (κ2) is 7.94. The van der Waals surface area contributed by atoms with Crippen molar-refractivity contribution in [1.29, 1.82) is 0 Å². The lowest BCUT2D eigenvalue weighted by Gasteiger charge is -2.08. The summed E-state index contributed by atoms with van der Waals surface area (Å²) in [6.07, 6.45) is 2.41. The number of aromatic nitrogens is 2. The van der Waals surface area contributed by atoms with Gasteiger partial charge < -0.3 is 20.4 Å². The molecule has 3 aromatic rings. The van der Waals surface area contributed by atoms with Gasteiger partial charge in [0.2, 0.25) is 0 Å². The number of guanidine groups is 1. The van der Waals surface area contributed by atoms with Crippen LogP contribution in [0.4, 0.5) is 5.69 Å². The molecule has 0 spiro atoms. The Kier molecular flexibility index (Phi) is 5.65. The minimum Gasteiger partial charge on any atom is -0.497 e. The Morgan fingerprint density at radius 2 is 2.08 bits per heavy atom. The van der Waals surface area contributed by atoms with Crippen LogP contribution in [0.3, 0.4) is 0 Å². The van der Waals surface area contributed by atoms with E-state index in [0.29, 0.717) is 18.5 Å². The molecule has 7 heteroatoms. The maximum atomic E-state index is 6.04. The topological polar surface area (TPSA) is 77.5 Å². The zero-order chi connectivity index (χ0) is 17.2. The van der Waals surface area contributed by atoms with Crippen LogP contribution in [0, 0.1) is 0 Å². The Hall–Kier alpha value is -2.29. The maximum Gasteiger partial charge on any atom is 0.193 e. The number of benzene rings is 2. The molecule has 0 unspecified atom stereocenters. The zero-order valence-corrected chi connectivity index (χ0v) is 16.9. The van der Waals surface area contributed by atoms with Gasteiger partial charge in [-0.15, -0.1) is 24.0 Å². The predicted molar refractivity (Wildman–Crippen MR) is 115 cm³/mol. The van der Waals surface area contributed by atoms with Crippen molar-refractivity contribution in [3.05, 3.63) is 54.4 Å². The van der Waals surface area contributed by atoms with E-state index in [0.717, 1.165) is 22.8 Å². The summed E-state index contributed by atoms with van der Waals surface area (Å²) in [5.41, 5.74) is 9.07. The fraction of sp³-hybridized carbons (Fsp3) is 0.263. The second-order valence-electron chi connectivity index (χ2n) is 6.18. The summed E-state index contributed by atoms with van der Waals surface area (Å²) in [5, 5.41) is 3.10. The van der Waals surface area contributed by atoms with E-state index in [9.17, 15) is 0 Å². The molecule has 136 valence electrons. The summed E-state index contributed by atoms with van der Waals surface area (Å²) in [5.74, 6) is 2.09. The van der Waals surface area contributed by atoms with E-state index in [4.69, 9.17) is 15.5 Å². The van der Waals surface area contributed by atoms with Gasteiger partial charge >= 0.3 is 0 Å². The van der Waals surface area contributed by atoms with Crippen molar-refractivity contribution >= 4 is 46.7 Å². The lowest BCUT2D eigenvalue weighted by molar-refractivity contribution is 0.415. The number of para-hydroxylation sites is 2. The van der Waals surface area contributed by atoms with Gasteiger partial charge in [-0.05, 0) is 37.1 Å². The van der Waals surface area contributed by atoms with E-state index in [1.165, 1.54) is 18.4 Å². The van der Waals surface area contributed by atoms with Crippen molar-refractivity contribution in [3.8, 4) is 5.75 Å². The van der Waals surface area contributed by atoms with Crippen molar-refractivity contribution in [2.24, 2.45) is 10.7 Å². The smallest absolute Gasteiger partial charge is 0.193 e. The van der Waals surface area contributed by atoms with Crippen LogP contribution in [0.25, 0.3) is 11.0 Å². The molecule has 1 aliphatic carbocycles. The number of aliphatic imine (C=N–C) groups is 1. The number of anilines is 1. The van der Waals surface area contributed by atoms with Crippen LogP contribution in [0.5, 0.6) is 5.75 Å². The summed E-state index contributed by atoms with van der Waals surface area (Å²) in [6.45, 7) is 0.452. The standard InChI is InChI=1S/C19H21N5O.HI/c1-25-15-6-4-5-13(11-15)22-19(20)21-12-18-23-16-7-2-3-8-17(16)24(18)14-9-10-14;/h2-8,11,14H,9-10,12H2,1H3,(H3,20,21,22);1H. The minimum atomic E-state index is 0. The Morgan fingerprint density at radius 1 is 1.27 bits per heavy atom. The molecule has 1 saturated carbocycles. The highest BCUT2D eigenvalue weighted by Gasteiger charge is 2.27. The van der Waals surface area contributed by atoms with Gasteiger partial charge in [-0.2, -0.15) is 0 Å². The van der Waals surface area contributed by atoms with Gasteiger partial charge in [0.1, 0.15) is 18.1 Å². The number of hydrogen-bond acceptors (Lipinski definition) is 3. The molecule has 0 radical (unpaired) electrons. The number of imidazole rings is 1. The molecule has 0 bridgehead atoms. The van der Waals surface area contributed by atoms with E-state index >= 15 is 0 Å². The van der Waals surface area contributed by atoms with Crippen LogP contribution < -0.4 is 15.8 Å². The number of nitrogens with one attached hydrogen (secondary N) is 1. The maximum absolute atomic E-state index is 6.04. The first-order valence-electron chi connectivity index (χ1n) is 8.41. The lowest BCUT2D eigenvalue weighted by Crippen LogP contribution is -2.22. The number of halogens is 1. The van der Waals surface area contributed by atoms with Gasteiger partial charge in [0, 0.05) is 17.8 Å². The van der Waals surface area contributed by atoms with Crippen LogP contribution in [0.2, 0.25) is 0 Å². The predicted octanol–water partition coefficient (Wildman–Crippen LogP) is 3.92. The highest BCUT2D eigenvalue weighted by Crippen LogP contribution is 2.38. The van der Waals surface area contributed by atoms with E-state index in [1.54, 1.807) is 7.11 Å². The lowest BCUT2D eigenvalue weighted by atomic mass is 10.3. The van der Waals surface area contributed by atoms with Crippen molar-refractivity contribution in [1.82, 2.24) is 9.55 Å². The Bertz CT molecular complexity index is 933. The second-order valence-corrected chi connectivity index (χ2v) is 6.18. The van der Waals surface area contributed by atoms with E-state index in [-0.39, 0.29) is 24.0 Å². The molecule has 3 N–H and O–H groups in total. The van der Waals surface area contributed by atoms with Crippen molar-refractivity contribution in [2.45, 2.75) is 25.4 Å². The molecule has 4 rings (SSSR count). The third-order valence-corrected chi connectivity index (χ3v) is 4.31. The van der Waals surface area contributed by atoms with Gasteiger partial charge in [-0.1, -0.05) is 18.2 Å². The van der Waals surface area contributed by atoms with Crippen LogP contribution in [-0.2, 0) is 6.54 Å². The number of ether oxygens (including phenoxy) is 1. The van der Waals surface area contributed by atoms with E-state index in [2.05, 4.69) is 27.0 Å². The molecule has 2 aromatic carbocycles. The normalized spacial score (nSPS) is 14.1. The Balaban J connectivity index is 0.00000196. The Labute approximate surface area is 169 Å². The monoisotopic (exact) mass is 463 g/mol. The fourth-order valence-corrected chi connectivity index (χ4v) is 2.99. The molecule has 0 amide bonds. The van der Waals surface area contributed by atoms with E-state index < -0.39 is 0 Å². The van der Waals surface area contributed by atoms with Gasteiger partial charge in [0.15, 0.2) is 5.96 Å². The van der Waals surface area contributed by atoms with Crippen molar-refractivity contribution < 1.29 is 4.74 Å². The average Bonchev–Trinajstić information content (AvgIpc) is 3.40. The molecule has 6 nitrogen and oxygen atoms in total. The molecule has 0 atom stereocenters. The first-order valence-corrected chi connectivity index (χ1v) is 8.41. The molecular weight excluding hydrogens is 441 g/mol. The molecule has 0 saturated heterocycles. The molecule has 1 aromatic heterocycles. The number of rotatable bonds is 5. The highest BCUT2D eigenvalue weighted by molar-refractivity contribution is 14.0. The first-order chi connectivity index (χ1) is 12.2. The first kappa shape index (κ1) is 18.5. The summed E-state index contributed by atoms with van der Waals surface area (Å²) in [7, 11) is 1.64. The molecule has 26 heavy (non-hydrogen) atoms. The quantitative estimate of drug-likeness (QED) is 0.342. The third kappa shape index (κ3) is 3.92. The van der Waals surface area contributed by atoms with Crippen LogP contribution in [0.15, 0.2) is 53.5 Å². The number of hydrogen-bond donors (Lipinski definition) is 2. The summed E-state index contributed by atoms with van der Waals surface area (Å²) in [4.78, 5) is 9.20. The van der Waals surface area contributed by atoms with Crippen LogP contribution >= 0.6 is 24.0 Å². The largest absolute Gasteiger partial charge is 0.497 e. The summed E-state index contributed by atoms with van der Waals surface area (Å²) < 4.78 is 7.52. The SMILES string of the molecule is COc1cccc(NC(N)=NCc2nc3ccccc3n2C2CC2)c1.I. The van der Waals surface area contributed by atoms with Crippen LogP contribution in [0.1, 0.15) is 24.7 Å². The summed E-state index contributed by atoms with van der Waals surface area (Å²) in [6, 6.07) is 16.4. The number of methoxy groups -OCH3 is 1. The number of nitrogens with two attached hydrogens (primary N) is 1. The van der Waals surface area contributed by atoms with Gasteiger partial charge in [0.25, 0.3) is 0 Å².